The Morgan fingerprint density at radius 3 is 2.95 bits per heavy atom. The van der Waals surface area contributed by atoms with Gasteiger partial charge < -0.3 is 9.47 Å². The van der Waals surface area contributed by atoms with Gasteiger partial charge in [-0.1, -0.05) is 0 Å². The third-order valence-electron chi connectivity index (χ3n) is 4.24. The molecule has 0 unspecified atom stereocenters. The number of morpholine rings is 1. The molecular formula is C15H23N3O2. The fourth-order valence-electron chi connectivity index (χ4n) is 3.07. The molecule has 0 spiro atoms. The molecule has 0 radical (unpaired) electrons. The van der Waals surface area contributed by atoms with Crippen LogP contribution in [0.5, 0.6) is 0 Å². The summed E-state index contributed by atoms with van der Waals surface area (Å²) in [5, 5.41) is 0. The Kier molecular flexibility index (Phi) is 4.95. The van der Waals surface area contributed by atoms with E-state index < -0.39 is 0 Å². The highest BCUT2D eigenvalue weighted by Gasteiger charge is 2.27. The molecule has 3 heterocycles. The van der Waals surface area contributed by atoms with Gasteiger partial charge in [0.1, 0.15) is 6.33 Å². The van der Waals surface area contributed by atoms with Crippen LogP contribution in [-0.4, -0.2) is 59.9 Å². The molecule has 0 amide bonds. The molecule has 0 saturated carbocycles. The molecule has 20 heavy (non-hydrogen) atoms. The summed E-state index contributed by atoms with van der Waals surface area (Å²) in [4.78, 5) is 10.8. The molecule has 2 aliphatic heterocycles. The van der Waals surface area contributed by atoms with Gasteiger partial charge in [0.15, 0.2) is 0 Å². The molecule has 2 saturated heterocycles. The Hall–Kier alpha value is -1.04. The van der Waals surface area contributed by atoms with Gasteiger partial charge in [0.2, 0.25) is 0 Å². The zero-order chi connectivity index (χ0) is 13.6. The van der Waals surface area contributed by atoms with E-state index in [1.807, 2.05) is 6.07 Å². The first-order valence-corrected chi connectivity index (χ1v) is 7.60. The second-order valence-electron chi connectivity index (χ2n) is 5.57. The highest BCUT2D eigenvalue weighted by Crippen LogP contribution is 2.19. The number of aromatic nitrogens is 2. The fraction of sp³-hybridized carbons (Fsp3) is 0.733. The molecule has 3 rings (SSSR count). The summed E-state index contributed by atoms with van der Waals surface area (Å²) in [7, 11) is 0. The van der Waals surface area contributed by atoms with Crippen molar-refractivity contribution >= 4 is 0 Å². The summed E-state index contributed by atoms with van der Waals surface area (Å²) in [6.07, 6.45) is 8.09. The molecule has 5 nitrogen and oxygen atoms in total. The van der Waals surface area contributed by atoms with E-state index in [0.29, 0.717) is 12.1 Å². The lowest BCUT2D eigenvalue weighted by molar-refractivity contribution is -0.0639. The Morgan fingerprint density at radius 2 is 2.15 bits per heavy atom. The topological polar surface area (TPSA) is 47.5 Å². The number of rotatable bonds is 4. The van der Waals surface area contributed by atoms with Gasteiger partial charge in [0.25, 0.3) is 0 Å². The van der Waals surface area contributed by atoms with Crippen LogP contribution in [0.3, 0.4) is 0 Å². The van der Waals surface area contributed by atoms with Crippen LogP contribution in [0.25, 0.3) is 0 Å². The van der Waals surface area contributed by atoms with E-state index in [-0.39, 0.29) is 0 Å². The third kappa shape index (κ3) is 3.75. The largest absolute Gasteiger partial charge is 0.381 e. The smallest absolute Gasteiger partial charge is 0.115 e. The van der Waals surface area contributed by atoms with E-state index in [2.05, 4.69) is 14.9 Å². The second-order valence-corrected chi connectivity index (χ2v) is 5.57. The fourth-order valence-corrected chi connectivity index (χ4v) is 3.07. The first kappa shape index (κ1) is 13.9. The Balaban J connectivity index is 1.47. The van der Waals surface area contributed by atoms with Gasteiger partial charge in [-0.15, -0.1) is 0 Å². The van der Waals surface area contributed by atoms with Crippen molar-refractivity contribution in [2.75, 3.05) is 32.9 Å². The summed E-state index contributed by atoms with van der Waals surface area (Å²) >= 11 is 0. The van der Waals surface area contributed by atoms with Gasteiger partial charge in [-0.2, -0.15) is 0 Å². The normalized spacial score (nSPS) is 25.7. The molecule has 2 fully saturated rings. The van der Waals surface area contributed by atoms with E-state index in [9.17, 15) is 0 Å². The van der Waals surface area contributed by atoms with Crippen LogP contribution in [0.15, 0.2) is 18.6 Å². The van der Waals surface area contributed by atoms with Crippen molar-refractivity contribution in [1.82, 2.24) is 14.9 Å². The van der Waals surface area contributed by atoms with Gasteiger partial charge in [-0.05, 0) is 31.7 Å². The van der Waals surface area contributed by atoms with Crippen LogP contribution in [0.2, 0.25) is 0 Å². The van der Waals surface area contributed by atoms with Crippen molar-refractivity contribution in [3.63, 3.8) is 0 Å². The summed E-state index contributed by atoms with van der Waals surface area (Å²) in [6, 6.07) is 2.67. The van der Waals surface area contributed by atoms with E-state index in [1.165, 1.54) is 12.8 Å². The van der Waals surface area contributed by atoms with Crippen LogP contribution >= 0.6 is 0 Å². The van der Waals surface area contributed by atoms with Crippen LogP contribution < -0.4 is 0 Å². The number of nitrogens with zero attached hydrogens (tertiary/aromatic N) is 3. The van der Waals surface area contributed by atoms with Gasteiger partial charge in [0, 0.05) is 44.2 Å². The molecule has 2 aliphatic rings. The van der Waals surface area contributed by atoms with Crippen molar-refractivity contribution in [1.29, 1.82) is 0 Å². The first-order chi connectivity index (χ1) is 9.92. The predicted octanol–water partition coefficient (Wildman–Crippen LogP) is 1.29. The maximum absolute atomic E-state index is 5.90. The third-order valence-corrected chi connectivity index (χ3v) is 4.24. The predicted molar refractivity (Wildman–Crippen MR) is 75.5 cm³/mol. The number of hydrogen-bond donors (Lipinski definition) is 0. The molecule has 5 heteroatoms. The van der Waals surface area contributed by atoms with Crippen molar-refractivity contribution < 1.29 is 9.47 Å². The van der Waals surface area contributed by atoms with Crippen molar-refractivity contribution in [3.05, 3.63) is 24.3 Å². The van der Waals surface area contributed by atoms with E-state index in [4.69, 9.17) is 9.47 Å². The highest BCUT2D eigenvalue weighted by molar-refractivity contribution is 4.98. The SMILES string of the molecule is c1cc(CC[C@@H]2CN(C3CCOCC3)CCO2)ncn1. The van der Waals surface area contributed by atoms with Crippen LogP contribution in [0.4, 0.5) is 0 Å². The van der Waals surface area contributed by atoms with Gasteiger partial charge in [-0.25, -0.2) is 9.97 Å². The molecule has 1 aromatic rings. The summed E-state index contributed by atoms with van der Waals surface area (Å²) in [5.41, 5.74) is 1.10. The van der Waals surface area contributed by atoms with Crippen molar-refractivity contribution in [3.8, 4) is 0 Å². The molecule has 0 aliphatic carbocycles. The molecule has 110 valence electrons. The average Bonchev–Trinajstić information content (AvgIpc) is 2.55. The zero-order valence-corrected chi connectivity index (χ0v) is 11.9. The average molecular weight is 277 g/mol. The quantitative estimate of drug-likeness (QED) is 0.830. The second kappa shape index (κ2) is 7.11. The molecule has 0 N–H and O–H groups in total. The number of hydrogen-bond acceptors (Lipinski definition) is 5. The Labute approximate surface area is 120 Å². The lowest BCUT2D eigenvalue weighted by Gasteiger charge is -2.39. The maximum Gasteiger partial charge on any atom is 0.115 e. The van der Waals surface area contributed by atoms with Crippen molar-refractivity contribution in [2.24, 2.45) is 0 Å². The lowest BCUT2D eigenvalue weighted by atomic mass is 10.0. The molecule has 1 aromatic heterocycles. The summed E-state index contributed by atoms with van der Waals surface area (Å²) in [5.74, 6) is 0. The maximum atomic E-state index is 5.90. The van der Waals surface area contributed by atoms with Gasteiger partial charge >= 0.3 is 0 Å². The van der Waals surface area contributed by atoms with Gasteiger partial charge in [-0.3, -0.25) is 4.90 Å². The Morgan fingerprint density at radius 1 is 1.25 bits per heavy atom. The number of aryl methyl sites for hydroxylation is 1. The highest BCUT2D eigenvalue weighted by atomic mass is 16.5. The molecular weight excluding hydrogens is 254 g/mol. The molecule has 0 bridgehead atoms. The minimum absolute atomic E-state index is 0.335. The van der Waals surface area contributed by atoms with E-state index in [1.54, 1.807) is 12.5 Å². The van der Waals surface area contributed by atoms with Crippen LogP contribution in [-0.2, 0) is 15.9 Å². The van der Waals surface area contributed by atoms with E-state index >= 15 is 0 Å². The van der Waals surface area contributed by atoms with Crippen LogP contribution in [0, 0.1) is 0 Å². The zero-order valence-electron chi connectivity index (χ0n) is 11.9. The minimum Gasteiger partial charge on any atom is -0.381 e. The first-order valence-electron chi connectivity index (χ1n) is 7.60. The summed E-state index contributed by atoms with van der Waals surface area (Å²) < 4.78 is 11.4. The van der Waals surface area contributed by atoms with Crippen LogP contribution in [0.1, 0.15) is 25.0 Å². The molecule has 0 aromatic carbocycles. The monoisotopic (exact) mass is 277 g/mol. The summed E-state index contributed by atoms with van der Waals surface area (Å²) in [6.45, 7) is 4.79. The minimum atomic E-state index is 0.335. The van der Waals surface area contributed by atoms with Gasteiger partial charge in [0.05, 0.1) is 12.7 Å². The van der Waals surface area contributed by atoms with E-state index in [0.717, 1.165) is 51.4 Å². The standard InChI is InChI=1S/C15H23N3O2/c1(13-3-6-16-12-17-13)2-15-11-18(7-10-20-15)14-4-8-19-9-5-14/h3,6,12,14-15H,1-2,4-5,7-11H2/t15-/m1/s1. The number of ether oxygens (including phenoxy) is 2. The van der Waals surface area contributed by atoms with Crippen molar-refractivity contribution in [2.45, 2.75) is 37.8 Å². The molecule has 1 atom stereocenters. The Bertz CT molecular complexity index is 395. The lowest BCUT2D eigenvalue weighted by Crippen LogP contribution is -2.49.